The summed E-state index contributed by atoms with van der Waals surface area (Å²) in [6, 6.07) is 17.9. The van der Waals surface area contributed by atoms with E-state index in [1.807, 2.05) is 19.1 Å². The van der Waals surface area contributed by atoms with E-state index in [0.29, 0.717) is 17.7 Å². The van der Waals surface area contributed by atoms with Gasteiger partial charge in [0.25, 0.3) is 17.7 Å². The maximum Gasteiger partial charge on any atom is 0.270 e. The molecule has 1 unspecified atom stereocenters. The van der Waals surface area contributed by atoms with Crippen LogP contribution in [0.3, 0.4) is 0 Å². The number of para-hydroxylation sites is 1. The van der Waals surface area contributed by atoms with Crippen molar-refractivity contribution < 1.29 is 18.8 Å². The zero-order valence-electron chi connectivity index (χ0n) is 17.1. The number of imide groups is 1. The number of aryl methyl sites for hydroxylation is 1. The van der Waals surface area contributed by atoms with Crippen LogP contribution in [0.15, 0.2) is 71.7 Å². The Bertz CT molecular complexity index is 1300. The largest absolute Gasteiger partial charge is 0.322 e. The number of carbonyl (C=O) groups excluding carboxylic acids is 3. The number of hydrogen-bond donors (Lipinski definition) is 1. The quantitative estimate of drug-likeness (QED) is 0.646. The number of nitrogens with one attached hydrogen (secondary N) is 1. The van der Waals surface area contributed by atoms with E-state index in [9.17, 15) is 18.8 Å². The van der Waals surface area contributed by atoms with Gasteiger partial charge in [0.05, 0.1) is 22.5 Å². The molecule has 158 valence electrons. The van der Waals surface area contributed by atoms with Gasteiger partial charge in [-0.25, -0.2) is 14.3 Å². The molecular weight excluding hydrogens is 409 g/mol. The van der Waals surface area contributed by atoms with Crippen LogP contribution in [-0.4, -0.2) is 34.5 Å². The third-order valence-electron chi connectivity index (χ3n) is 5.72. The van der Waals surface area contributed by atoms with Crippen molar-refractivity contribution in [2.75, 3.05) is 5.32 Å². The first-order valence-electron chi connectivity index (χ1n) is 10.2. The van der Waals surface area contributed by atoms with Gasteiger partial charge in [0.2, 0.25) is 6.17 Å². The number of benzodiazepines with no additional fused rings is 1. The van der Waals surface area contributed by atoms with Crippen molar-refractivity contribution in [3.63, 3.8) is 0 Å². The van der Waals surface area contributed by atoms with Gasteiger partial charge in [-0.2, -0.15) is 0 Å². The summed E-state index contributed by atoms with van der Waals surface area (Å²) in [6.07, 6.45) is -0.861. The minimum Gasteiger partial charge on any atom is -0.322 e. The van der Waals surface area contributed by atoms with Crippen molar-refractivity contribution in [3.8, 4) is 0 Å². The molecule has 2 aliphatic heterocycles. The SMILES string of the molecule is CCc1cccc2c1NC(=O)C(N1C(=O)c3ccccc3C1=O)N=C2c1ccccc1F. The molecule has 0 fully saturated rings. The van der Waals surface area contributed by atoms with E-state index in [4.69, 9.17) is 0 Å². The van der Waals surface area contributed by atoms with Crippen LogP contribution in [-0.2, 0) is 11.2 Å². The summed E-state index contributed by atoms with van der Waals surface area (Å²) in [6.45, 7) is 1.94. The number of fused-ring (bicyclic) bond motifs is 2. The molecule has 3 aromatic carbocycles. The van der Waals surface area contributed by atoms with Crippen LogP contribution in [0.2, 0.25) is 0 Å². The van der Waals surface area contributed by atoms with Gasteiger partial charge in [-0.3, -0.25) is 14.4 Å². The molecule has 6 nitrogen and oxygen atoms in total. The van der Waals surface area contributed by atoms with Gasteiger partial charge >= 0.3 is 0 Å². The summed E-state index contributed by atoms with van der Waals surface area (Å²) < 4.78 is 14.8. The second-order valence-corrected chi connectivity index (χ2v) is 7.54. The Hall–Kier alpha value is -4.13. The molecule has 3 amide bonds. The molecule has 0 saturated carbocycles. The fraction of sp³-hybridized carbons (Fsp3) is 0.120. The van der Waals surface area contributed by atoms with Crippen molar-refractivity contribution >= 4 is 29.1 Å². The maximum atomic E-state index is 14.8. The first-order valence-corrected chi connectivity index (χ1v) is 10.2. The molecule has 1 N–H and O–H groups in total. The molecule has 7 heteroatoms. The number of halogens is 1. The Morgan fingerprint density at radius 3 is 2.06 bits per heavy atom. The molecule has 0 aromatic heterocycles. The summed E-state index contributed by atoms with van der Waals surface area (Å²) in [5.74, 6) is -2.37. The van der Waals surface area contributed by atoms with Crippen molar-refractivity contribution in [2.45, 2.75) is 19.5 Å². The van der Waals surface area contributed by atoms with Crippen LogP contribution in [0.5, 0.6) is 0 Å². The van der Waals surface area contributed by atoms with E-state index in [0.717, 1.165) is 10.5 Å². The van der Waals surface area contributed by atoms with E-state index in [2.05, 4.69) is 10.3 Å². The minimum atomic E-state index is -1.48. The first kappa shape index (κ1) is 19.8. The van der Waals surface area contributed by atoms with Gasteiger partial charge in [0, 0.05) is 11.1 Å². The van der Waals surface area contributed by atoms with Crippen molar-refractivity contribution in [1.29, 1.82) is 0 Å². The normalized spacial score (nSPS) is 17.4. The van der Waals surface area contributed by atoms with E-state index in [1.54, 1.807) is 36.4 Å². The van der Waals surface area contributed by atoms with Crippen LogP contribution in [0, 0.1) is 5.82 Å². The van der Waals surface area contributed by atoms with E-state index in [-0.39, 0.29) is 22.4 Å². The highest BCUT2D eigenvalue weighted by molar-refractivity contribution is 6.25. The maximum absolute atomic E-state index is 14.8. The Kier molecular flexibility index (Phi) is 4.66. The van der Waals surface area contributed by atoms with Gasteiger partial charge in [0.1, 0.15) is 5.82 Å². The number of anilines is 1. The smallest absolute Gasteiger partial charge is 0.270 e. The highest BCUT2D eigenvalue weighted by Crippen LogP contribution is 2.32. The molecule has 0 bridgehead atoms. The molecule has 0 radical (unpaired) electrons. The van der Waals surface area contributed by atoms with Gasteiger partial charge in [-0.15, -0.1) is 0 Å². The highest BCUT2D eigenvalue weighted by atomic mass is 19.1. The van der Waals surface area contributed by atoms with Gasteiger partial charge in [-0.1, -0.05) is 49.4 Å². The molecule has 3 aromatic rings. The van der Waals surface area contributed by atoms with Crippen molar-refractivity contribution in [3.05, 3.63) is 100 Å². The van der Waals surface area contributed by atoms with E-state index >= 15 is 0 Å². The van der Waals surface area contributed by atoms with Gasteiger partial charge < -0.3 is 5.32 Å². The Labute approximate surface area is 183 Å². The second-order valence-electron chi connectivity index (χ2n) is 7.54. The van der Waals surface area contributed by atoms with E-state index in [1.165, 1.54) is 18.2 Å². The molecule has 1 atom stereocenters. The summed E-state index contributed by atoms with van der Waals surface area (Å²) in [4.78, 5) is 44.7. The van der Waals surface area contributed by atoms with E-state index < -0.39 is 29.7 Å². The van der Waals surface area contributed by atoms with Crippen molar-refractivity contribution in [1.82, 2.24) is 4.90 Å². The van der Waals surface area contributed by atoms with Crippen LogP contribution in [0.25, 0.3) is 0 Å². The molecule has 32 heavy (non-hydrogen) atoms. The fourth-order valence-electron chi connectivity index (χ4n) is 4.15. The molecule has 0 saturated heterocycles. The monoisotopic (exact) mass is 427 g/mol. The predicted molar refractivity (Wildman–Crippen MR) is 117 cm³/mol. The third kappa shape index (κ3) is 2.93. The van der Waals surface area contributed by atoms with Crippen LogP contribution in [0.4, 0.5) is 10.1 Å². The van der Waals surface area contributed by atoms with Crippen LogP contribution >= 0.6 is 0 Å². The molecule has 2 heterocycles. The number of rotatable bonds is 3. The zero-order valence-corrected chi connectivity index (χ0v) is 17.1. The third-order valence-corrected chi connectivity index (χ3v) is 5.72. The Morgan fingerprint density at radius 1 is 0.844 bits per heavy atom. The van der Waals surface area contributed by atoms with Crippen LogP contribution < -0.4 is 5.32 Å². The molecule has 2 aliphatic rings. The van der Waals surface area contributed by atoms with Gasteiger partial charge in [-0.05, 0) is 36.2 Å². The lowest BCUT2D eigenvalue weighted by atomic mass is 9.96. The topological polar surface area (TPSA) is 78.8 Å². The summed E-state index contributed by atoms with van der Waals surface area (Å²) >= 11 is 0. The standard InChI is InChI=1S/C25H18FN3O3/c1-2-14-8-7-12-18-20(14)28-23(30)22(27-21(18)17-11-5-6-13-19(17)26)29-24(31)15-9-3-4-10-16(15)25(29)32/h3-13,22H,2H2,1H3,(H,28,30). The second kappa shape index (κ2) is 7.53. The molecule has 5 rings (SSSR count). The number of carbonyl (C=O) groups is 3. The number of aliphatic imine (C=N–C) groups is 1. The predicted octanol–water partition coefficient (Wildman–Crippen LogP) is 3.80. The minimum absolute atomic E-state index is 0.181. The first-order chi connectivity index (χ1) is 15.5. The summed E-state index contributed by atoms with van der Waals surface area (Å²) in [5.41, 5.74) is 2.67. The lowest BCUT2D eigenvalue weighted by molar-refractivity contribution is -0.119. The summed E-state index contributed by atoms with van der Waals surface area (Å²) in [7, 11) is 0. The number of amides is 3. The average Bonchev–Trinajstić information content (AvgIpc) is 2.96. The Balaban J connectivity index is 1.72. The Morgan fingerprint density at radius 2 is 1.44 bits per heavy atom. The fourth-order valence-corrected chi connectivity index (χ4v) is 4.15. The molecule has 0 aliphatic carbocycles. The number of nitrogens with zero attached hydrogens (tertiary/aromatic N) is 2. The number of hydrogen-bond acceptors (Lipinski definition) is 4. The molecule has 0 spiro atoms. The average molecular weight is 427 g/mol. The number of benzene rings is 3. The lowest BCUT2D eigenvalue weighted by Gasteiger charge is -2.21. The highest BCUT2D eigenvalue weighted by Gasteiger charge is 2.44. The summed E-state index contributed by atoms with van der Waals surface area (Å²) in [5, 5.41) is 2.83. The van der Waals surface area contributed by atoms with Gasteiger partial charge in [0.15, 0.2) is 0 Å². The lowest BCUT2D eigenvalue weighted by Crippen LogP contribution is -2.46. The van der Waals surface area contributed by atoms with Crippen LogP contribution in [0.1, 0.15) is 44.3 Å². The van der Waals surface area contributed by atoms with Crippen molar-refractivity contribution in [2.24, 2.45) is 4.99 Å². The zero-order chi connectivity index (χ0) is 22.4. The molecular formula is C25H18FN3O3.